The van der Waals surface area contributed by atoms with Gasteiger partial charge in [-0.05, 0) is 84.0 Å². The molecule has 6 unspecified atom stereocenters. The molecular weight excluding hydrogens is 620 g/mol. The average Bonchev–Trinajstić information content (AvgIpc) is 3.50. The van der Waals surface area contributed by atoms with Gasteiger partial charge in [0.2, 0.25) is 23.6 Å². The van der Waals surface area contributed by atoms with E-state index in [9.17, 15) is 34.5 Å². The van der Waals surface area contributed by atoms with Crippen molar-refractivity contribution in [1.82, 2.24) is 9.80 Å². The van der Waals surface area contributed by atoms with Crippen LogP contribution in [0.3, 0.4) is 0 Å². The highest BCUT2D eigenvalue weighted by atomic mass is 16.3. The third-order valence-corrected chi connectivity index (χ3v) is 11.2. The van der Waals surface area contributed by atoms with Crippen molar-refractivity contribution in [2.24, 2.45) is 29.6 Å². The van der Waals surface area contributed by atoms with Gasteiger partial charge < -0.3 is 15.3 Å². The SMILES string of the molecule is O=C1C2CC=C3C(CC4C(=O)N(CCc5ccc(O)cc5)C(=O)C4C3c3ccc(O)c4ccccc34)C2C(=O)N1CCc1ccc(O)cc1. The number of phenolic OH excluding ortho intramolecular Hbond substituents is 3. The Balaban J connectivity index is 1.16. The second-order valence-corrected chi connectivity index (χ2v) is 13.7. The predicted octanol–water partition coefficient (Wildman–Crippen LogP) is 5.08. The fourth-order valence-corrected chi connectivity index (χ4v) is 8.89. The first kappa shape index (κ1) is 30.9. The fraction of sp³-hybridized carbons (Fsp3) is 0.300. The minimum atomic E-state index is -0.683. The zero-order valence-electron chi connectivity index (χ0n) is 26.7. The summed E-state index contributed by atoms with van der Waals surface area (Å²) in [6.45, 7) is 0.411. The third-order valence-electron chi connectivity index (χ3n) is 11.2. The van der Waals surface area contributed by atoms with Crippen LogP contribution in [0.15, 0.2) is 96.6 Å². The molecule has 49 heavy (non-hydrogen) atoms. The highest BCUT2D eigenvalue weighted by Crippen LogP contribution is 2.58. The maximum atomic E-state index is 14.4. The van der Waals surface area contributed by atoms with Crippen molar-refractivity contribution in [1.29, 1.82) is 0 Å². The number of aromatic hydroxyl groups is 3. The molecule has 9 heteroatoms. The Labute approximate surface area is 283 Å². The van der Waals surface area contributed by atoms with Crippen molar-refractivity contribution < 1.29 is 34.5 Å². The van der Waals surface area contributed by atoms with Crippen LogP contribution in [-0.2, 0) is 32.0 Å². The second-order valence-electron chi connectivity index (χ2n) is 13.7. The van der Waals surface area contributed by atoms with Crippen LogP contribution < -0.4 is 0 Å². The lowest BCUT2D eigenvalue weighted by Crippen LogP contribution is -2.43. The normalized spacial score (nSPS) is 26.2. The molecule has 6 atom stereocenters. The summed E-state index contributed by atoms with van der Waals surface area (Å²) in [5.41, 5.74) is 3.52. The maximum Gasteiger partial charge on any atom is 0.234 e. The van der Waals surface area contributed by atoms with E-state index < -0.39 is 35.5 Å². The van der Waals surface area contributed by atoms with Gasteiger partial charge in [-0.2, -0.15) is 0 Å². The highest BCUT2D eigenvalue weighted by molar-refractivity contribution is 6.08. The summed E-state index contributed by atoms with van der Waals surface area (Å²) in [4.78, 5) is 59.3. The monoisotopic (exact) mass is 656 g/mol. The molecule has 0 aromatic heterocycles. The number of phenols is 3. The smallest absolute Gasteiger partial charge is 0.234 e. The standard InChI is InChI=1S/C40H36N2O7/c43-24-9-5-22(6-10-24)17-19-41-37(46)30-14-13-29-31(35(30)39(41)48)21-32-36(34(29)28-15-16-33(45)27-4-2-1-3-26(27)28)40(49)42(38(32)47)20-18-23-7-11-25(44)12-8-23/h1-13,15-16,30-32,34-36,43-45H,14,17-21H2. The molecule has 4 aromatic carbocycles. The molecule has 1 saturated carbocycles. The zero-order chi connectivity index (χ0) is 34.0. The van der Waals surface area contributed by atoms with Gasteiger partial charge in [0.1, 0.15) is 17.2 Å². The van der Waals surface area contributed by atoms with Crippen molar-refractivity contribution in [2.75, 3.05) is 13.1 Å². The van der Waals surface area contributed by atoms with Gasteiger partial charge in [-0.3, -0.25) is 29.0 Å². The fourth-order valence-electron chi connectivity index (χ4n) is 8.89. The zero-order valence-corrected chi connectivity index (χ0v) is 26.7. The summed E-state index contributed by atoms with van der Waals surface area (Å²) in [5, 5.41) is 31.5. The molecule has 2 aliphatic heterocycles. The molecule has 3 fully saturated rings. The van der Waals surface area contributed by atoms with Gasteiger partial charge in [-0.25, -0.2) is 0 Å². The highest BCUT2D eigenvalue weighted by Gasteiger charge is 2.61. The second kappa shape index (κ2) is 11.9. The molecule has 2 aliphatic carbocycles. The molecular formula is C40H36N2O7. The van der Waals surface area contributed by atoms with Gasteiger partial charge in [-0.1, -0.05) is 66.2 Å². The molecule has 4 aromatic rings. The van der Waals surface area contributed by atoms with Gasteiger partial charge in [0.05, 0.1) is 23.7 Å². The topological polar surface area (TPSA) is 135 Å². The molecule has 248 valence electrons. The van der Waals surface area contributed by atoms with E-state index in [2.05, 4.69) is 0 Å². The first-order valence-electron chi connectivity index (χ1n) is 16.9. The Morgan fingerprint density at radius 3 is 1.73 bits per heavy atom. The van der Waals surface area contributed by atoms with Crippen LogP contribution in [0.4, 0.5) is 0 Å². The lowest BCUT2D eigenvalue weighted by atomic mass is 9.57. The Bertz CT molecular complexity index is 2040. The van der Waals surface area contributed by atoms with Gasteiger partial charge >= 0.3 is 0 Å². The molecule has 8 rings (SSSR count). The van der Waals surface area contributed by atoms with E-state index in [1.54, 1.807) is 54.6 Å². The van der Waals surface area contributed by atoms with Crippen molar-refractivity contribution in [3.63, 3.8) is 0 Å². The molecule has 9 nitrogen and oxygen atoms in total. The van der Waals surface area contributed by atoms with Crippen LogP contribution in [-0.4, -0.2) is 61.8 Å². The van der Waals surface area contributed by atoms with E-state index >= 15 is 0 Å². The predicted molar refractivity (Wildman–Crippen MR) is 180 cm³/mol. The van der Waals surface area contributed by atoms with Crippen LogP contribution in [0.5, 0.6) is 17.2 Å². The van der Waals surface area contributed by atoms with Gasteiger partial charge in [0, 0.05) is 24.4 Å². The van der Waals surface area contributed by atoms with Crippen LogP contribution in [0.2, 0.25) is 0 Å². The molecule has 0 bridgehead atoms. The lowest BCUT2D eigenvalue weighted by molar-refractivity contribution is -0.142. The van der Waals surface area contributed by atoms with Crippen LogP contribution >= 0.6 is 0 Å². The molecule has 4 aliphatic rings. The van der Waals surface area contributed by atoms with Crippen molar-refractivity contribution in [2.45, 2.75) is 31.6 Å². The van der Waals surface area contributed by atoms with Gasteiger partial charge in [0.15, 0.2) is 0 Å². The molecule has 2 heterocycles. The van der Waals surface area contributed by atoms with Gasteiger partial charge in [0.25, 0.3) is 0 Å². The molecule has 2 saturated heterocycles. The summed E-state index contributed by atoms with van der Waals surface area (Å²) in [5.74, 6) is -3.98. The van der Waals surface area contributed by atoms with E-state index in [0.717, 1.165) is 27.6 Å². The van der Waals surface area contributed by atoms with E-state index in [-0.39, 0.29) is 54.0 Å². The maximum absolute atomic E-state index is 14.4. The number of amides is 4. The van der Waals surface area contributed by atoms with E-state index in [1.165, 1.54) is 9.80 Å². The molecule has 0 radical (unpaired) electrons. The minimum absolute atomic E-state index is 0.117. The molecule has 4 amide bonds. The van der Waals surface area contributed by atoms with E-state index in [1.807, 2.05) is 36.4 Å². The quantitative estimate of drug-likeness (QED) is 0.187. The third kappa shape index (κ3) is 5.07. The van der Waals surface area contributed by atoms with Gasteiger partial charge in [-0.15, -0.1) is 0 Å². The van der Waals surface area contributed by atoms with E-state index in [0.29, 0.717) is 31.1 Å². The van der Waals surface area contributed by atoms with Crippen molar-refractivity contribution >= 4 is 34.4 Å². The number of fused-ring (bicyclic) bond motifs is 5. The van der Waals surface area contributed by atoms with Crippen molar-refractivity contribution in [3.05, 3.63) is 113 Å². The largest absolute Gasteiger partial charge is 0.508 e. The summed E-state index contributed by atoms with van der Waals surface area (Å²) in [7, 11) is 0. The van der Waals surface area contributed by atoms with Crippen LogP contribution in [0, 0.1) is 29.6 Å². The summed E-state index contributed by atoms with van der Waals surface area (Å²) in [6.07, 6.45) is 3.60. The Morgan fingerprint density at radius 2 is 1.12 bits per heavy atom. The lowest BCUT2D eigenvalue weighted by Gasteiger charge is -2.44. The number of rotatable bonds is 7. The summed E-state index contributed by atoms with van der Waals surface area (Å²) < 4.78 is 0. The average molecular weight is 657 g/mol. The Morgan fingerprint density at radius 1 is 0.571 bits per heavy atom. The number of nitrogens with zero attached hydrogens (tertiary/aromatic N) is 2. The number of carbonyl (C=O) groups excluding carboxylic acids is 4. The number of likely N-dealkylation sites (tertiary alicyclic amines) is 2. The summed E-state index contributed by atoms with van der Waals surface area (Å²) in [6, 6.07) is 24.3. The number of hydrogen-bond donors (Lipinski definition) is 3. The summed E-state index contributed by atoms with van der Waals surface area (Å²) >= 11 is 0. The first-order valence-corrected chi connectivity index (χ1v) is 16.9. The van der Waals surface area contributed by atoms with Crippen LogP contribution in [0.1, 0.15) is 35.4 Å². The van der Waals surface area contributed by atoms with E-state index in [4.69, 9.17) is 0 Å². The van der Waals surface area contributed by atoms with Crippen molar-refractivity contribution in [3.8, 4) is 17.2 Å². The number of carbonyl (C=O) groups is 4. The Hall–Kier alpha value is -5.44. The van der Waals surface area contributed by atoms with Crippen LogP contribution in [0.25, 0.3) is 10.8 Å². The minimum Gasteiger partial charge on any atom is -0.508 e. The number of imide groups is 2. The number of benzene rings is 4. The molecule has 3 N–H and O–H groups in total. The first-order chi connectivity index (χ1) is 23.7. The Kier molecular flexibility index (Phi) is 7.50. The molecule has 0 spiro atoms. The number of hydrogen-bond acceptors (Lipinski definition) is 7. The number of allylic oxidation sites excluding steroid dienone is 2.